The van der Waals surface area contributed by atoms with Gasteiger partial charge >= 0.3 is 6.18 Å². The fourth-order valence-electron chi connectivity index (χ4n) is 1.22. The van der Waals surface area contributed by atoms with Crippen LogP contribution in [0, 0.1) is 0 Å². The van der Waals surface area contributed by atoms with Crippen LogP contribution in [0.2, 0.25) is 0 Å². The zero-order valence-corrected chi connectivity index (χ0v) is 8.57. The lowest BCUT2D eigenvalue weighted by atomic mass is 10.1. The van der Waals surface area contributed by atoms with Crippen molar-refractivity contribution < 1.29 is 13.2 Å². The van der Waals surface area contributed by atoms with Crippen molar-refractivity contribution in [3.05, 3.63) is 47.8 Å². The van der Waals surface area contributed by atoms with E-state index in [9.17, 15) is 13.2 Å². The average Bonchev–Trinajstić information content (AvgIpc) is 2.78. The van der Waals surface area contributed by atoms with Crippen LogP contribution in [0.15, 0.2) is 41.7 Å². The predicted octanol–water partition coefficient (Wildman–Crippen LogP) is 3.18. The Hall–Kier alpha value is -2.11. The monoisotopic (exact) mass is 239 g/mol. The number of nitrogens with one attached hydrogen (secondary N) is 1. The van der Waals surface area contributed by atoms with Crippen LogP contribution >= 0.6 is 0 Å². The third-order valence-electron chi connectivity index (χ3n) is 2.06. The van der Waals surface area contributed by atoms with Crippen molar-refractivity contribution in [2.75, 3.05) is 0 Å². The van der Waals surface area contributed by atoms with Crippen LogP contribution in [-0.2, 0) is 6.18 Å². The second-order valence-corrected chi connectivity index (χ2v) is 3.29. The highest BCUT2D eigenvalue weighted by Gasteiger charge is 2.29. The number of aromatic nitrogens is 2. The molecule has 0 radical (unpaired) electrons. The molecule has 17 heavy (non-hydrogen) atoms. The number of benzene rings is 1. The van der Waals surface area contributed by atoms with Crippen molar-refractivity contribution in [1.29, 1.82) is 0 Å². The number of aromatic amines is 1. The van der Waals surface area contributed by atoms with Gasteiger partial charge in [0.25, 0.3) is 0 Å². The Balaban J connectivity index is 2.14. The fraction of sp³-hybridized carbons (Fsp3) is 0.0909. The average molecular weight is 239 g/mol. The molecular formula is C11H8F3N3. The molecule has 0 aliphatic carbocycles. The number of imidazole rings is 1. The molecule has 1 N–H and O–H groups in total. The number of hydrogen-bond acceptors (Lipinski definition) is 2. The molecule has 3 nitrogen and oxygen atoms in total. The molecule has 6 heteroatoms. The molecule has 0 atom stereocenters. The van der Waals surface area contributed by atoms with Crippen molar-refractivity contribution in [2.24, 2.45) is 4.99 Å². The summed E-state index contributed by atoms with van der Waals surface area (Å²) in [6.07, 6.45) is 0.286. The standard InChI is InChI=1S/C11H8F3N3/c12-11(13,14)9-3-1-8(2-4-9)7-17-10-15-5-6-16-10/h1-7H,(H,15,16). The lowest BCUT2D eigenvalue weighted by Gasteiger charge is -2.05. The van der Waals surface area contributed by atoms with Crippen molar-refractivity contribution >= 4 is 12.2 Å². The lowest BCUT2D eigenvalue weighted by Crippen LogP contribution is -2.04. The van der Waals surface area contributed by atoms with E-state index in [0.29, 0.717) is 11.5 Å². The third-order valence-corrected chi connectivity index (χ3v) is 2.06. The molecule has 88 valence electrons. The van der Waals surface area contributed by atoms with E-state index in [1.807, 2.05) is 0 Å². The Morgan fingerprint density at radius 2 is 1.88 bits per heavy atom. The Labute approximate surface area is 95.0 Å². The van der Waals surface area contributed by atoms with Gasteiger partial charge in [-0.15, -0.1) is 0 Å². The van der Waals surface area contributed by atoms with Gasteiger partial charge in [0, 0.05) is 18.6 Å². The predicted molar refractivity (Wildman–Crippen MR) is 57.3 cm³/mol. The maximum Gasteiger partial charge on any atom is 0.416 e. The summed E-state index contributed by atoms with van der Waals surface area (Å²) in [5, 5.41) is 0. The van der Waals surface area contributed by atoms with Gasteiger partial charge in [0.1, 0.15) is 0 Å². The SMILES string of the molecule is FC(F)(F)c1ccc(C=Nc2ncc[nH]2)cc1. The van der Waals surface area contributed by atoms with Gasteiger partial charge in [-0.3, -0.25) is 0 Å². The minimum absolute atomic E-state index is 0.407. The van der Waals surface area contributed by atoms with Gasteiger partial charge in [-0.1, -0.05) is 12.1 Å². The summed E-state index contributed by atoms with van der Waals surface area (Å²) in [7, 11) is 0. The Morgan fingerprint density at radius 3 is 2.41 bits per heavy atom. The Kier molecular flexibility index (Phi) is 2.95. The molecule has 0 bridgehead atoms. The normalized spacial score (nSPS) is 12.2. The number of hydrogen-bond donors (Lipinski definition) is 1. The zero-order chi connectivity index (χ0) is 12.3. The van der Waals surface area contributed by atoms with Crippen LogP contribution in [0.25, 0.3) is 0 Å². The number of rotatable bonds is 2. The largest absolute Gasteiger partial charge is 0.416 e. The zero-order valence-electron chi connectivity index (χ0n) is 8.57. The van der Waals surface area contributed by atoms with Crippen LogP contribution in [0.5, 0.6) is 0 Å². The number of aliphatic imine (C=N–C) groups is 1. The van der Waals surface area contributed by atoms with E-state index >= 15 is 0 Å². The quantitative estimate of drug-likeness (QED) is 0.803. The van der Waals surface area contributed by atoms with Crippen LogP contribution < -0.4 is 0 Å². The maximum absolute atomic E-state index is 12.3. The highest BCUT2D eigenvalue weighted by molar-refractivity contribution is 5.81. The van der Waals surface area contributed by atoms with Crippen LogP contribution in [-0.4, -0.2) is 16.2 Å². The molecule has 1 aromatic heterocycles. The minimum atomic E-state index is -4.31. The molecule has 0 spiro atoms. The van der Waals surface area contributed by atoms with Crippen molar-refractivity contribution in [2.45, 2.75) is 6.18 Å². The highest BCUT2D eigenvalue weighted by atomic mass is 19.4. The van der Waals surface area contributed by atoms with Crippen molar-refractivity contribution in [1.82, 2.24) is 9.97 Å². The summed E-state index contributed by atoms with van der Waals surface area (Å²) in [5.41, 5.74) is -0.0953. The lowest BCUT2D eigenvalue weighted by molar-refractivity contribution is -0.137. The van der Waals surface area contributed by atoms with E-state index < -0.39 is 11.7 Å². The smallest absolute Gasteiger partial charge is 0.329 e. The maximum atomic E-state index is 12.3. The first-order valence-electron chi connectivity index (χ1n) is 4.76. The van der Waals surface area contributed by atoms with Crippen LogP contribution in [0.1, 0.15) is 11.1 Å². The summed E-state index contributed by atoms with van der Waals surface area (Å²) in [6, 6.07) is 4.75. The van der Waals surface area contributed by atoms with Gasteiger partial charge in [-0.2, -0.15) is 13.2 Å². The molecule has 0 aliphatic rings. The van der Waals surface area contributed by atoms with E-state index in [2.05, 4.69) is 15.0 Å². The summed E-state index contributed by atoms with van der Waals surface area (Å²) in [6.45, 7) is 0. The number of alkyl halides is 3. The first-order valence-corrected chi connectivity index (χ1v) is 4.76. The van der Waals surface area contributed by atoms with Gasteiger partial charge < -0.3 is 4.98 Å². The molecule has 1 heterocycles. The highest BCUT2D eigenvalue weighted by Crippen LogP contribution is 2.28. The van der Waals surface area contributed by atoms with E-state index in [0.717, 1.165) is 12.1 Å². The molecule has 2 rings (SSSR count). The Bertz CT molecular complexity index is 498. The van der Waals surface area contributed by atoms with E-state index in [1.54, 1.807) is 12.4 Å². The van der Waals surface area contributed by atoms with E-state index in [1.165, 1.54) is 18.3 Å². The van der Waals surface area contributed by atoms with Gasteiger partial charge in [0.2, 0.25) is 5.95 Å². The van der Waals surface area contributed by atoms with Gasteiger partial charge in [0.15, 0.2) is 0 Å². The fourth-order valence-corrected chi connectivity index (χ4v) is 1.22. The van der Waals surface area contributed by atoms with Crippen molar-refractivity contribution in [3.63, 3.8) is 0 Å². The number of H-pyrrole nitrogens is 1. The van der Waals surface area contributed by atoms with Gasteiger partial charge in [-0.05, 0) is 17.7 Å². The second-order valence-electron chi connectivity index (χ2n) is 3.29. The molecule has 1 aromatic carbocycles. The third kappa shape index (κ3) is 2.93. The Morgan fingerprint density at radius 1 is 1.18 bits per heavy atom. The van der Waals surface area contributed by atoms with Crippen molar-refractivity contribution in [3.8, 4) is 0 Å². The topological polar surface area (TPSA) is 41.0 Å². The van der Waals surface area contributed by atoms with E-state index in [4.69, 9.17) is 0 Å². The molecule has 2 aromatic rings. The first-order chi connectivity index (χ1) is 8.05. The minimum Gasteiger partial charge on any atom is -0.329 e. The first kappa shape index (κ1) is 11.4. The molecule has 0 fully saturated rings. The summed E-state index contributed by atoms with van der Waals surface area (Å²) < 4.78 is 36.8. The molecule has 0 amide bonds. The van der Waals surface area contributed by atoms with Gasteiger partial charge in [-0.25, -0.2) is 9.98 Å². The molecule has 0 saturated heterocycles. The molecular weight excluding hydrogens is 231 g/mol. The summed E-state index contributed by atoms with van der Waals surface area (Å²) in [5.74, 6) is 0.407. The van der Waals surface area contributed by atoms with Crippen LogP contribution in [0.4, 0.5) is 19.1 Å². The van der Waals surface area contributed by atoms with Crippen LogP contribution in [0.3, 0.4) is 0 Å². The number of nitrogens with zero attached hydrogens (tertiary/aromatic N) is 2. The molecule has 0 aliphatic heterocycles. The molecule has 0 saturated carbocycles. The molecule has 0 unspecified atom stereocenters. The summed E-state index contributed by atoms with van der Waals surface area (Å²) >= 11 is 0. The summed E-state index contributed by atoms with van der Waals surface area (Å²) in [4.78, 5) is 10.6. The number of halogens is 3. The van der Waals surface area contributed by atoms with Gasteiger partial charge in [0.05, 0.1) is 5.56 Å². The second kappa shape index (κ2) is 4.40. The van der Waals surface area contributed by atoms with E-state index in [-0.39, 0.29) is 0 Å².